The molecule has 1 N–H and O–H groups in total. The Kier molecular flexibility index (Phi) is 5.07. The third kappa shape index (κ3) is 3.63. The molecule has 0 atom stereocenters. The molecule has 2 aromatic heterocycles. The van der Waals surface area contributed by atoms with E-state index in [-0.39, 0.29) is 18.0 Å². The molecule has 0 spiro atoms. The number of nitrogens with zero attached hydrogens (tertiary/aromatic N) is 3. The lowest BCUT2D eigenvalue weighted by molar-refractivity contribution is -0.116. The molecule has 1 amide bonds. The van der Waals surface area contributed by atoms with Gasteiger partial charge in [0.25, 0.3) is 0 Å². The zero-order chi connectivity index (χ0) is 21.4. The third-order valence-corrected chi connectivity index (χ3v) is 6.30. The Morgan fingerprint density at radius 1 is 1.19 bits per heavy atom. The van der Waals surface area contributed by atoms with Gasteiger partial charge in [0, 0.05) is 36.9 Å². The molecule has 0 unspecified atom stereocenters. The van der Waals surface area contributed by atoms with Gasteiger partial charge in [-0.25, -0.2) is 9.78 Å². The first kappa shape index (κ1) is 19.6. The van der Waals surface area contributed by atoms with Gasteiger partial charge in [0.2, 0.25) is 5.91 Å². The largest absolute Gasteiger partial charge is 0.493 e. The summed E-state index contributed by atoms with van der Waals surface area (Å²) in [5, 5.41) is 5.36. The van der Waals surface area contributed by atoms with Crippen LogP contribution in [0.3, 0.4) is 0 Å². The van der Waals surface area contributed by atoms with Crippen LogP contribution in [0.1, 0.15) is 18.9 Å². The highest BCUT2D eigenvalue weighted by Crippen LogP contribution is 2.32. The molecule has 0 aliphatic carbocycles. The van der Waals surface area contributed by atoms with Crippen molar-refractivity contribution in [1.82, 2.24) is 14.1 Å². The maximum absolute atomic E-state index is 12.7. The van der Waals surface area contributed by atoms with Crippen LogP contribution in [-0.2, 0) is 24.3 Å². The highest BCUT2D eigenvalue weighted by molar-refractivity contribution is 7.14. The van der Waals surface area contributed by atoms with E-state index in [0.29, 0.717) is 18.2 Å². The van der Waals surface area contributed by atoms with E-state index in [0.717, 1.165) is 41.1 Å². The average molecular weight is 435 g/mol. The fourth-order valence-corrected chi connectivity index (χ4v) is 4.73. The van der Waals surface area contributed by atoms with E-state index in [2.05, 4.69) is 16.4 Å². The Morgan fingerprint density at radius 3 is 2.81 bits per heavy atom. The number of nitrogens with one attached hydrogen (secondary N) is 1. The summed E-state index contributed by atoms with van der Waals surface area (Å²) in [6.07, 6.45) is 1.10. The minimum absolute atomic E-state index is 0.0892. The number of ether oxygens (including phenoxy) is 1. The topological polar surface area (TPSA) is 78.2 Å². The highest BCUT2D eigenvalue weighted by atomic mass is 32.1. The molecule has 31 heavy (non-hydrogen) atoms. The molecule has 5 rings (SSSR count). The molecule has 4 aromatic rings. The number of hydrogen-bond donors (Lipinski definition) is 1. The van der Waals surface area contributed by atoms with Gasteiger partial charge in [0.1, 0.15) is 5.75 Å². The van der Waals surface area contributed by atoms with Crippen molar-refractivity contribution in [3.05, 3.63) is 63.9 Å². The second-order valence-electron chi connectivity index (χ2n) is 7.42. The number of carbonyl (C=O) groups excluding carboxylic acids is 1. The number of amides is 1. The first-order chi connectivity index (χ1) is 15.1. The van der Waals surface area contributed by atoms with Crippen molar-refractivity contribution >= 4 is 33.4 Å². The normalized spacial score (nSPS) is 12.7. The van der Waals surface area contributed by atoms with Crippen LogP contribution in [0.4, 0.5) is 5.13 Å². The van der Waals surface area contributed by atoms with Gasteiger partial charge in [0.15, 0.2) is 5.13 Å². The van der Waals surface area contributed by atoms with Gasteiger partial charge < -0.3 is 10.1 Å². The van der Waals surface area contributed by atoms with E-state index in [1.54, 1.807) is 9.13 Å². The molecular formula is C23H22N4O3S. The van der Waals surface area contributed by atoms with E-state index in [9.17, 15) is 9.59 Å². The van der Waals surface area contributed by atoms with Crippen molar-refractivity contribution < 1.29 is 9.53 Å². The van der Waals surface area contributed by atoms with Crippen molar-refractivity contribution in [2.45, 2.75) is 32.9 Å². The number of rotatable bonds is 6. The molecule has 8 heteroatoms. The zero-order valence-electron chi connectivity index (χ0n) is 17.1. The van der Waals surface area contributed by atoms with E-state index in [4.69, 9.17) is 4.74 Å². The van der Waals surface area contributed by atoms with Crippen molar-refractivity contribution in [3.63, 3.8) is 0 Å². The third-order valence-electron chi connectivity index (χ3n) is 5.54. The van der Waals surface area contributed by atoms with Crippen molar-refractivity contribution in [2.24, 2.45) is 0 Å². The van der Waals surface area contributed by atoms with Crippen LogP contribution in [0.15, 0.2) is 52.6 Å². The molecule has 2 aromatic carbocycles. The number of aryl methyl sites for hydroxylation is 2. The monoisotopic (exact) mass is 434 g/mol. The zero-order valence-corrected chi connectivity index (χ0v) is 17.9. The smallest absolute Gasteiger partial charge is 0.329 e. The Hall–Kier alpha value is -3.39. The van der Waals surface area contributed by atoms with Gasteiger partial charge in [-0.05, 0) is 42.8 Å². The first-order valence-corrected chi connectivity index (χ1v) is 11.2. The van der Waals surface area contributed by atoms with E-state index in [1.165, 1.54) is 16.9 Å². The summed E-state index contributed by atoms with van der Waals surface area (Å²) in [5.41, 5.74) is 4.68. The molecule has 0 saturated heterocycles. The van der Waals surface area contributed by atoms with E-state index < -0.39 is 0 Å². The molecule has 0 fully saturated rings. The summed E-state index contributed by atoms with van der Waals surface area (Å²) in [6, 6.07) is 13.7. The quantitative estimate of drug-likeness (QED) is 0.499. The lowest BCUT2D eigenvalue weighted by Crippen LogP contribution is -2.25. The summed E-state index contributed by atoms with van der Waals surface area (Å²) < 4.78 is 8.94. The summed E-state index contributed by atoms with van der Waals surface area (Å²) in [7, 11) is 0. The Balaban J connectivity index is 1.28. The van der Waals surface area contributed by atoms with Crippen LogP contribution >= 0.6 is 11.3 Å². The Bertz CT molecular complexity index is 1330. The molecule has 1 aliphatic rings. The van der Waals surface area contributed by atoms with Crippen LogP contribution in [0, 0.1) is 0 Å². The Morgan fingerprint density at radius 2 is 2.00 bits per heavy atom. The molecule has 0 radical (unpaired) electrons. The number of fused-ring (bicyclic) bond motifs is 2. The predicted molar refractivity (Wildman–Crippen MR) is 122 cm³/mol. The van der Waals surface area contributed by atoms with Crippen molar-refractivity contribution in [3.8, 4) is 17.0 Å². The molecule has 0 saturated carbocycles. The van der Waals surface area contributed by atoms with Crippen LogP contribution in [0.2, 0.25) is 0 Å². The predicted octanol–water partition coefficient (Wildman–Crippen LogP) is 3.91. The van der Waals surface area contributed by atoms with Gasteiger partial charge in [-0.2, -0.15) is 0 Å². The Labute approximate surface area is 182 Å². The molecule has 0 bridgehead atoms. The molecular weight excluding hydrogens is 412 g/mol. The minimum Gasteiger partial charge on any atom is -0.493 e. The van der Waals surface area contributed by atoms with Crippen LogP contribution < -0.4 is 15.7 Å². The average Bonchev–Trinajstić information content (AvgIpc) is 3.49. The fraction of sp³-hybridized carbons (Fsp3) is 0.261. The van der Waals surface area contributed by atoms with Gasteiger partial charge in [-0.1, -0.05) is 12.1 Å². The number of carbonyl (C=O) groups is 1. The van der Waals surface area contributed by atoms with Crippen LogP contribution in [0.5, 0.6) is 5.75 Å². The fourth-order valence-electron chi connectivity index (χ4n) is 4.00. The second kappa shape index (κ2) is 8.03. The number of thiazole rings is 1. The molecule has 1 aliphatic heterocycles. The maximum Gasteiger partial charge on any atom is 0.329 e. The number of hydrogen-bond acceptors (Lipinski definition) is 5. The van der Waals surface area contributed by atoms with Crippen molar-refractivity contribution in [2.75, 3.05) is 11.9 Å². The SMILES string of the molecule is CCn1c(=O)n(CCC(=O)Nc2nc(-c3ccc4c(c3)CCO4)cs2)c2ccccc21. The molecule has 7 nitrogen and oxygen atoms in total. The lowest BCUT2D eigenvalue weighted by Gasteiger charge is -2.04. The molecule has 158 valence electrons. The molecule has 3 heterocycles. The number of anilines is 1. The highest BCUT2D eigenvalue weighted by Gasteiger charge is 2.16. The van der Waals surface area contributed by atoms with Crippen LogP contribution in [-0.4, -0.2) is 26.6 Å². The summed E-state index contributed by atoms with van der Waals surface area (Å²) >= 11 is 1.39. The van der Waals surface area contributed by atoms with Crippen LogP contribution in [0.25, 0.3) is 22.3 Å². The van der Waals surface area contributed by atoms with Crippen molar-refractivity contribution in [1.29, 1.82) is 0 Å². The summed E-state index contributed by atoms with van der Waals surface area (Å²) in [4.78, 5) is 29.8. The number of para-hydroxylation sites is 2. The van der Waals surface area contributed by atoms with Gasteiger partial charge >= 0.3 is 5.69 Å². The lowest BCUT2D eigenvalue weighted by atomic mass is 10.1. The second-order valence-corrected chi connectivity index (χ2v) is 8.28. The number of benzene rings is 2. The number of imidazole rings is 1. The van der Waals surface area contributed by atoms with Gasteiger partial charge in [-0.3, -0.25) is 13.9 Å². The first-order valence-electron chi connectivity index (χ1n) is 10.3. The minimum atomic E-state index is -0.163. The van der Waals surface area contributed by atoms with Gasteiger partial charge in [-0.15, -0.1) is 11.3 Å². The maximum atomic E-state index is 12.7. The summed E-state index contributed by atoms with van der Waals surface area (Å²) in [5.74, 6) is 0.774. The number of aromatic nitrogens is 3. The van der Waals surface area contributed by atoms with Gasteiger partial charge in [0.05, 0.1) is 23.3 Å². The standard InChI is InChI=1S/C23H22N4O3S/c1-2-26-18-5-3-4-6-19(18)27(23(26)29)11-9-21(28)25-22-24-17(14-31-22)15-7-8-20-16(13-15)10-12-30-20/h3-8,13-14H,2,9-12H2,1H3,(H,24,25,28). The summed E-state index contributed by atoms with van der Waals surface area (Å²) in [6.45, 7) is 3.58. The van der Waals surface area contributed by atoms with E-state index in [1.807, 2.05) is 48.7 Å². The van der Waals surface area contributed by atoms with E-state index >= 15 is 0 Å².